The number of benzene rings is 2. The summed E-state index contributed by atoms with van der Waals surface area (Å²) >= 11 is 12.2. The lowest BCUT2D eigenvalue weighted by molar-refractivity contribution is 0.414. The van der Waals surface area contributed by atoms with Gasteiger partial charge in [-0.1, -0.05) is 35.3 Å². The number of halogens is 2. The molecule has 106 valence electrons. The Labute approximate surface area is 128 Å². The van der Waals surface area contributed by atoms with Crippen LogP contribution < -0.4 is 15.8 Å². The summed E-state index contributed by atoms with van der Waals surface area (Å²) < 4.78 is 5.12. The SMILES string of the molecule is COc1ccc(CCNc2c(Cl)cc(N)cc2Cl)cc1. The molecule has 0 bridgehead atoms. The van der Waals surface area contributed by atoms with Crippen molar-refractivity contribution in [1.29, 1.82) is 0 Å². The molecule has 0 fully saturated rings. The molecule has 2 aromatic rings. The van der Waals surface area contributed by atoms with Gasteiger partial charge in [0.1, 0.15) is 5.75 Å². The number of nitrogen functional groups attached to an aromatic ring is 1. The summed E-state index contributed by atoms with van der Waals surface area (Å²) in [6, 6.07) is 11.3. The highest BCUT2D eigenvalue weighted by Gasteiger charge is 2.06. The highest BCUT2D eigenvalue weighted by atomic mass is 35.5. The number of anilines is 2. The quantitative estimate of drug-likeness (QED) is 0.812. The molecule has 2 aromatic carbocycles. The van der Waals surface area contributed by atoms with Crippen LogP contribution in [0.4, 0.5) is 11.4 Å². The Morgan fingerprint density at radius 2 is 1.70 bits per heavy atom. The highest BCUT2D eigenvalue weighted by Crippen LogP contribution is 2.32. The molecule has 0 amide bonds. The minimum Gasteiger partial charge on any atom is -0.497 e. The summed E-state index contributed by atoms with van der Waals surface area (Å²) in [5.41, 5.74) is 8.15. The van der Waals surface area contributed by atoms with Crippen molar-refractivity contribution >= 4 is 34.6 Å². The molecule has 0 aliphatic heterocycles. The largest absolute Gasteiger partial charge is 0.497 e. The molecule has 0 radical (unpaired) electrons. The van der Waals surface area contributed by atoms with Gasteiger partial charge in [0.15, 0.2) is 0 Å². The minimum absolute atomic E-state index is 0.532. The van der Waals surface area contributed by atoms with Crippen molar-refractivity contribution < 1.29 is 4.74 Å². The molecule has 0 saturated carbocycles. The Morgan fingerprint density at radius 1 is 1.10 bits per heavy atom. The van der Waals surface area contributed by atoms with Crippen molar-refractivity contribution in [1.82, 2.24) is 0 Å². The van der Waals surface area contributed by atoms with Gasteiger partial charge < -0.3 is 15.8 Å². The van der Waals surface area contributed by atoms with Gasteiger partial charge in [0.25, 0.3) is 0 Å². The van der Waals surface area contributed by atoms with Crippen molar-refractivity contribution in [3.8, 4) is 5.75 Å². The van der Waals surface area contributed by atoms with Gasteiger partial charge in [-0.05, 0) is 36.2 Å². The van der Waals surface area contributed by atoms with E-state index in [1.54, 1.807) is 19.2 Å². The summed E-state index contributed by atoms with van der Waals surface area (Å²) in [6.07, 6.45) is 0.862. The molecule has 0 aromatic heterocycles. The average molecular weight is 311 g/mol. The number of nitrogens with one attached hydrogen (secondary N) is 1. The molecule has 0 aliphatic rings. The van der Waals surface area contributed by atoms with Gasteiger partial charge >= 0.3 is 0 Å². The third-order valence-corrected chi connectivity index (χ3v) is 3.54. The molecule has 0 spiro atoms. The standard InChI is InChI=1S/C15H16Cl2N2O/c1-20-12-4-2-10(3-5-12)6-7-19-15-13(16)8-11(18)9-14(15)17/h2-5,8-9,19H,6-7,18H2,1H3. The van der Waals surface area contributed by atoms with Crippen LogP contribution >= 0.6 is 23.2 Å². The lowest BCUT2D eigenvalue weighted by atomic mass is 10.1. The number of ether oxygens (including phenoxy) is 1. The summed E-state index contributed by atoms with van der Waals surface area (Å²) in [6.45, 7) is 0.732. The van der Waals surface area contributed by atoms with Gasteiger partial charge in [-0.25, -0.2) is 0 Å². The van der Waals surface area contributed by atoms with Crippen LogP contribution in [-0.2, 0) is 6.42 Å². The van der Waals surface area contributed by atoms with Gasteiger partial charge in [-0.15, -0.1) is 0 Å². The Kier molecular flexibility index (Phi) is 4.99. The second-order valence-corrected chi connectivity index (χ2v) is 5.20. The molecule has 2 rings (SSSR count). The van der Waals surface area contributed by atoms with Crippen LogP contribution in [0.1, 0.15) is 5.56 Å². The van der Waals surface area contributed by atoms with E-state index in [2.05, 4.69) is 5.32 Å². The molecule has 20 heavy (non-hydrogen) atoms. The number of methoxy groups -OCH3 is 1. The maximum atomic E-state index is 6.11. The van der Waals surface area contributed by atoms with Gasteiger partial charge in [-0.3, -0.25) is 0 Å². The van der Waals surface area contributed by atoms with Crippen molar-refractivity contribution in [2.75, 3.05) is 24.7 Å². The molecule has 5 heteroatoms. The van der Waals surface area contributed by atoms with E-state index < -0.39 is 0 Å². The fourth-order valence-corrected chi connectivity index (χ4v) is 2.52. The van der Waals surface area contributed by atoms with E-state index in [0.717, 1.165) is 24.4 Å². The number of rotatable bonds is 5. The number of nitrogens with two attached hydrogens (primary N) is 1. The second kappa shape index (κ2) is 6.73. The van der Waals surface area contributed by atoms with E-state index in [4.69, 9.17) is 33.7 Å². The van der Waals surface area contributed by atoms with Crippen molar-refractivity contribution in [2.24, 2.45) is 0 Å². The average Bonchev–Trinajstić information content (AvgIpc) is 2.42. The zero-order chi connectivity index (χ0) is 14.5. The molecule has 3 N–H and O–H groups in total. The Hall–Kier alpha value is -1.58. The van der Waals surface area contributed by atoms with E-state index in [9.17, 15) is 0 Å². The van der Waals surface area contributed by atoms with E-state index in [1.807, 2.05) is 24.3 Å². The van der Waals surface area contributed by atoms with Crippen molar-refractivity contribution in [2.45, 2.75) is 6.42 Å². The van der Waals surface area contributed by atoms with Crippen LogP contribution in [-0.4, -0.2) is 13.7 Å². The monoisotopic (exact) mass is 310 g/mol. The lowest BCUT2D eigenvalue weighted by Crippen LogP contribution is -2.06. The normalized spacial score (nSPS) is 10.3. The first kappa shape index (κ1) is 14.8. The summed E-state index contributed by atoms with van der Waals surface area (Å²) in [5, 5.41) is 4.30. The fourth-order valence-electron chi connectivity index (χ4n) is 1.89. The van der Waals surface area contributed by atoms with Crippen LogP contribution in [0, 0.1) is 0 Å². The summed E-state index contributed by atoms with van der Waals surface area (Å²) in [4.78, 5) is 0. The summed E-state index contributed by atoms with van der Waals surface area (Å²) in [5.74, 6) is 0.853. The molecular weight excluding hydrogens is 295 g/mol. The predicted octanol–water partition coefficient (Wildman–Crippen LogP) is 4.24. The van der Waals surface area contributed by atoms with Crippen LogP contribution in [0.25, 0.3) is 0 Å². The van der Waals surface area contributed by atoms with Gasteiger partial charge in [-0.2, -0.15) is 0 Å². The first-order chi connectivity index (χ1) is 9.60. The zero-order valence-corrected chi connectivity index (χ0v) is 12.6. The van der Waals surface area contributed by atoms with E-state index in [0.29, 0.717) is 15.7 Å². The van der Waals surface area contributed by atoms with Crippen LogP contribution in [0.2, 0.25) is 10.0 Å². The fraction of sp³-hybridized carbons (Fsp3) is 0.200. The lowest BCUT2D eigenvalue weighted by Gasteiger charge is -2.11. The first-order valence-electron chi connectivity index (χ1n) is 6.21. The molecule has 0 unspecified atom stereocenters. The van der Waals surface area contributed by atoms with E-state index in [1.165, 1.54) is 5.56 Å². The second-order valence-electron chi connectivity index (χ2n) is 4.38. The van der Waals surface area contributed by atoms with E-state index >= 15 is 0 Å². The third kappa shape index (κ3) is 3.71. The maximum absolute atomic E-state index is 6.11. The number of hydrogen-bond donors (Lipinski definition) is 2. The minimum atomic E-state index is 0.532. The van der Waals surface area contributed by atoms with Crippen LogP contribution in [0.15, 0.2) is 36.4 Å². The smallest absolute Gasteiger partial charge is 0.118 e. The summed E-state index contributed by atoms with van der Waals surface area (Å²) in [7, 11) is 1.65. The van der Waals surface area contributed by atoms with Crippen molar-refractivity contribution in [3.05, 3.63) is 52.0 Å². The molecular formula is C15H16Cl2N2O. The van der Waals surface area contributed by atoms with Gasteiger partial charge in [0.2, 0.25) is 0 Å². The maximum Gasteiger partial charge on any atom is 0.118 e. The third-order valence-electron chi connectivity index (χ3n) is 2.94. The Bertz CT molecular complexity index is 562. The Morgan fingerprint density at radius 3 is 2.25 bits per heavy atom. The molecule has 0 saturated heterocycles. The van der Waals surface area contributed by atoms with Gasteiger partial charge in [0, 0.05) is 12.2 Å². The Balaban J connectivity index is 1.95. The first-order valence-corrected chi connectivity index (χ1v) is 6.97. The molecule has 0 aliphatic carbocycles. The molecule has 3 nitrogen and oxygen atoms in total. The molecule has 0 heterocycles. The molecule has 0 atom stereocenters. The highest BCUT2D eigenvalue weighted by molar-refractivity contribution is 6.39. The number of hydrogen-bond acceptors (Lipinski definition) is 3. The van der Waals surface area contributed by atoms with E-state index in [-0.39, 0.29) is 0 Å². The predicted molar refractivity (Wildman–Crippen MR) is 86.1 cm³/mol. The van der Waals surface area contributed by atoms with Gasteiger partial charge in [0.05, 0.1) is 22.8 Å². The van der Waals surface area contributed by atoms with Crippen LogP contribution in [0.5, 0.6) is 5.75 Å². The zero-order valence-electron chi connectivity index (χ0n) is 11.1. The van der Waals surface area contributed by atoms with Crippen molar-refractivity contribution in [3.63, 3.8) is 0 Å². The van der Waals surface area contributed by atoms with Crippen LogP contribution in [0.3, 0.4) is 0 Å². The topological polar surface area (TPSA) is 47.3 Å².